The first kappa shape index (κ1) is 26.9. The van der Waals surface area contributed by atoms with Gasteiger partial charge in [0.2, 0.25) is 0 Å². The fraction of sp³-hybridized carbons (Fsp3) is 0.788. The van der Waals surface area contributed by atoms with Crippen LogP contribution in [0.1, 0.15) is 103 Å². The topological polar surface area (TPSA) is 47.9 Å². The van der Waals surface area contributed by atoms with Gasteiger partial charge in [-0.1, -0.05) is 7.92 Å². The molecule has 0 aromatic heterocycles. The van der Waals surface area contributed by atoms with Crippen molar-refractivity contribution in [3.63, 3.8) is 0 Å². The molecule has 9 rings (SSSR count). The molecule has 1 aromatic rings. The largest absolute Gasteiger partial charge is 0.493 e. The van der Waals surface area contributed by atoms with Crippen LogP contribution in [0, 0.1) is 35.5 Å². The first-order valence-corrected chi connectivity index (χ1v) is 18.1. The summed E-state index contributed by atoms with van der Waals surface area (Å²) in [6.07, 6.45) is 19.4. The minimum absolute atomic E-state index is 0.377. The highest BCUT2D eigenvalue weighted by Crippen LogP contribution is 2.78. The molecule has 8 aliphatic rings. The number of ether oxygens (including phenoxy) is 2. The molecule has 6 heteroatoms. The lowest BCUT2D eigenvalue weighted by molar-refractivity contribution is 0.0195. The molecule has 1 atom stereocenters. The quantitative estimate of drug-likeness (QED) is 0.251. The highest BCUT2D eigenvalue weighted by Gasteiger charge is 2.63. The van der Waals surface area contributed by atoms with E-state index in [1.165, 1.54) is 82.4 Å². The van der Waals surface area contributed by atoms with Gasteiger partial charge in [-0.15, -0.1) is 0 Å². The van der Waals surface area contributed by atoms with Crippen molar-refractivity contribution in [1.29, 1.82) is 0 Å². The Labute approximate surface area is 239 Å². The molecule has 0 radical (unpaired) electrons. The van der Waals surface area contributed by atoms with Crippen molar-refractivity contribution in [2.24, 2.45) is 39.9 Å². The zero-order valence-corrected chi connectivity index (χ0v) is 26.4. The van der Waals surface area contributed by atoms with Crippen LogP contribution in [0.2, 0.25) is 0 Å². The average molecular weight is 570 g/mol. The van der Waals surface area contributed by atoms with Gasteiger partial charge in [0.25, 0.3) is 0 Å². The number of benzene rings is 1. The van der Waals surface area contributed by atoms with Gasteiger partial charge in [-0.2, -0.15) is 4.40 Å². The van der Waals surface area contributed by atoms with Gasteiger partial charge < -0.3 is 9.47 Å². The van der Waals surface area contributed by atoms with E-state index in [1.54, 1.807) is 14.2 Å². The third kappa shape index (κ3) is 4.55. The van der Waals surface area contributed by atoms with E-state index in [9.17, 15) is 4.21 Å². The molecule has 8 bridgehead atoms. The molecule has 0 N–H and O–H groups in total. The van der Waals surface area contributed by atoms with Gasteiger partial charge in [0.15, 0.2) is 11.5 Å². The predicted octanol–water partition coefficient (Wildman–Crippen LogP) is 7.63. The van der Waals surface area contributed by atoms with Gasteiger partial charge in [0.1, 0.15) is 11.0 Å². The summed E-state index contributed by atoms with van der Waals surface area (Å²) in [6.45, 7) is 6.02. The van der Waals surface area contributed by atoms with Crippen molar-refractivity contribution in [3.05, 3.63) is 17.7 Å². The average Bonchev–Trinajstić information content (AvgIpc) is 2.85. The summed E-state index contributed by atoms with van der Waals surface area (Å²) in [5.41, 5.74) is 1.14. The van der Waals surface area contributed by atoms with E-state index >= 15 is 0 Å². The maximum Gasteiger partial charge on any atom is 0.161 e. The maximum atomic E-state index is 13.1. The van der Waals surface area contributed by atoms with Crippen molar-refractivity contribution in [2.75, 3.05) is 14.2 Å². The summed E-state index contributed by atoms with van der Waals surface area (Å²) in [4.78, 5) is 0. The van der Waals surface area contributed by atoms with Gasteiger partial charge in [0.05, 0.1) is 19.0 Å². The van der Waals surface area contributed by atoms with E-state index < -0.39 is 18.9 Å². The SMILES string of the molecule is COc1cc(/C=N/S(=O)C(C)(C)C)c(P(C23CC4CC(CC(C4)C2)C3)C23CC4CC(CC(C4)C2)C3)cc1OC. The van der Waals surface area contributed by atoms with Crippen LogP contribution >= 0.6 is 7.92 Å². The fourth-order valence-corrected chi connectivity index (χ4v) is 17.0. The zero-order valence-electron chi connectivity index (χ0n) is 24.7. The second-order valence-corrected chi connectivity index (χ2v) is 20.5. The maximum absolute atomic E-state index is 13.1. The van der Waals surface area contributed by atoms with Gasteiger partial charge in [0, 0.05) is 11.8 Å². The van der Waals surface area contributed by atoms with Crippen molar-refractivity contribution < 1.29 is 13.7 Å². The van der Waals surface area contributed by atoms with Crippen LogP contribution in [0.3, 0.4) is 0 Å². The van der Waals surface area contributed by atoms with Crippen LogP contribution in [0.15, 0.2) is 16.5 Å². The number of hydrogen-bond donors (Lipinski definition) is 0. The second kappa shape index (κ2) is 9.55. The molecule has 214 valence electrons. The number of hydrogen-bond acceptors (Lipinski definition) is 3. The Morgan fingerprint density at radius 2 is 1.15 bits per heavy atom. The van der Waals surface area contributed by atoms with Crippen molar-refractivity contribution in [1.82, 2.24) is 0 Å². The van der Waals surface area contributed by atoms with Crippen LogP contribution in [-0.2, 0) is 11.0 Å². The highest BCUT2D eigenvalue weighted by atomic mass is 32.2. The normalized spacial score (nSPS) is 41.8. The second-order valence-electron chi connectivity index (χ2n) is 15.5. The summed E-state index contributed by atoms with van der Waals surface area (Å²) in [5, 5.41) is 2.38. The Morgan fingerprint density at radius 3 is 1.51 bits per heavy atom. The summed E-state index contributed by atoms with van der Waals surface area (Å²) < 4.78 is 29.2. The Hall–Kier alpha value is -0.930. The first-order valence-electron chi connectivity index (χ1n) is 15.6. The lowest BCUT2D eigenvalue weighted by Gasteiger charge is -2.67. The van der Waals surface area contributed by atoms with Crippen molar-refractivity contribution in [3.8, 4) is 11.5 Å². The van der Waals surface area contributed by atoms with Gasteiger partial charge in [-0.3, -0.25) is 0 Å². The molecule has 8 fully saturated rings. The van der Waals surface area contributed by atoms with Crippen molar-refractivity contribution in [2.45, 2.75) is 113 Å². The summed E-state index contributed by atoms with van der Waals surface area (Å²) >= 11 is 0. The van der Waals surface area contributed by atoms with Gasteiger partial charge in [-0.25, -0.2) is 4.21 Å². The number of rotatable bonds is 7. The van der Waals surface area contributed by atoms with E-state index in [0.717, 1.165) is 52.6 Å². The van der Waals surface area contributed by atoms with Crippen LogP contribution in [0.25, 0.3) is 0 Å². The van der Waals surface area contributed by atoms with Crippen LogP contribution in [-0.4, -0.2) is 39.7 Å². The summed E-state index contributed by atoms with van der Waals surface area (Å²) in [7, 11) is 1.77. The third-order valence-corrected chi connectivity index (χ3v) is 16.8. The smallest absolute Gasteiger partial charge is 0.161 e. The zero-order chi connectivity index (χ0) is 27.2. The summed E-state index contributed by atoms with van der Waals surface area (Å²) in [5.74, 6) is 7.20. The number of nitrogens with zero attached hydrogens (tertiary/aromatic N) is 1. The van der Waals surface area contributed by atoms with Crippen LogP contribution in [0.4, 0.5) is 0 Å². The Balaban J connectivity index is 1.41. The monoisotopic (exact) mass is 569 g/mol. The lowest BCUT2D eigenvalue weighted by atomic mass is 9.55. The molecule has 0 heterocycles. The molecule has 0 aliphatic heterocycles. The molecular weight excluding hydrogens is 521 g/mol. The predicted molar refractivity (Wildman–Crippen MR) is 163 cm³/mol. The molecular formula is C33H48NO3PS. The van der Waals surface area contributed by atoms with E-state index in [2.05, 4.69) is 12.1 Å². The van der Waals surface area contributed by atoms with E-state index in [1.807, 2.05) is 27.0 Å². The van der Waals surface area contributed by atoms with E-state index in [-0.39, 0.29) is 4.75 Å². The standard InChI is InChI=1S/C33H48NO3PS/c1-31(2,3)39(35)34-20-27-12-28(36-4)29(37-5)13-30(27)38(32-14-21-6-22(15-32)8-23(7-21)16-32)33-17-24-9-25(18-33)11-26(10-24)19-33/h12-13,20-26H,6-11,14-19H2,1-5H3/b34-20+. The van der Waals surface area contributed by atoms with E-state index in [0.29, 0.717) is 10.3 Å². The molecule has 39 heavy (non-hydrogen) atoms. The molecule has 8 saturated carbocycles. The first-order chi connectivity index (χ1) is 18.6. The van der Waals surface area contributed by atoms with Gasteiger partial charge in [-0.05, 0) is 161 Å². The minimum Gasteiger partial charge on any atom is -0.493 e. The molecule has 0 amide bonds. The highest BCUT2D eigenvalue weighted by molar-refractivity contribution is 7.85. The number of methoxy groups -OCH3 is 2. The van der Waals surface area contributed by atoms with Crippen LogP contribution in [0.5, 0.6) is 11.5 Å². The van der Waals surface area contributed by atoms with Gasteiger partial charge >= 0.3 is 0 Å². The minimum atomic E-state index is -1.29. The molecule has 1 unspecified atom stereocenters. The molecule has 0 saturated heterocycles. The summed E-state index contributed by atoms with van der Waals surface area (Å²) in [6, 6.07) is 4.52. The third-order valence-electron chi connectivity index (χ3n) is 11.5. The van der Waals surface area contributed by atoms with Crippen LogP contribution < -0.4 is 14.8 Å². The lowest BCUT2D eigenvalue weighted by Crippen LogP contribution is -2.58. The van der Waals surface area contributed by atoms with Crippen molar-refractivity contribution >= 4 is 30.4 Å². The Morgan fingerprint density at radius 1 is 0.769 bits per heavy atom. The molecule has 0 spiro atoms. The van der Waals surface area contributed by atoms with E-state index in [4.69, 9.17) is 13.9 Å². The molecule has 8 aliphatic carbocycles. The fourth-order valence-electron chi connectivity index (χ4n) is 11.1. The molecule has 1 aromatic carbocycles. The Bertz CT molecular complexity index is 1070. The Kier molecular flexibility index (Phi) is 6.60. The molecule has 4 nitrogen and oxygen atoms in total.